The molecular formula is C13H14N4O. The predicted molar refractivity (Wildman–Crippen MR) is 69.6 cm³/mol. The molecule has 2 aromatic heterocycles. The number of rotatable bonds is 2. The summed E-state index contributed by atoms with van der Waals surface area (Å²) in [6.45, 7) is 4.19. The minimum atomic E-state index is 0.376. The van der Waals surface area contributed by atoms with Crippen molar-refractivity contribution in [2.24, 2.45) is 0 Å². The van der Waals surface area contributed by atoms with Crippen LogP contribution in [0.5, 0.6) is 0 Å². The van der Waals surface area contributed by atoms with Gasteiger partial charge >= 0.3 is 6.01 Å². The summed E-state index contributed by atoms with van der Waals surface area (Å²) in [7, 11) is 0. The number of nitrogens with zero attached hydrogens (tertiary/aromatic N) is 3. The highest BCUT2D eigenvalue weighted by Gasteiger charge is 2.11. The van der Waals surface area contributed by atoms with Crippen LogP contribution in [0, 0.1) is 0 Å². The summed E-state index contributed by atoms with van der Waals surface area (Å²) < 4.78 is 7.27. The van der Waals surface area contributed by atoms with Crippen LogP contribution in [0.2, 0.25) is 0 Å². The first-order valence-corrected chi connectivity index (χ1v) is 5.86. The Morgan fingerprint density at radius 2 is 2.11 bits per heavy atom. The number of hydrogen-bond donors (Lipinski definition) is 1. The van der Waals surface area contributed by atoms with E-state index in [1.54, 1.807) is 10.7 Å². The van der Waals surface area contributed by atoms with E-state index in [1.165, 1.54) is 0 Å². The van der Waals surface area contributed by atoms with Crippen LogP contribution in [0.3, 0.4) is 0 Å². The number of oxazole rings is 1. The quantitative estimate of drug-likeness (QED) is 0.701. The Hall–Kier alpha value is -2.30. The molecule has 1 aromatic carbocycles. The molecule has 0 amide bonds. The summed E-state index contributed by atoms with van der Waals surface area (Å²) in [6, 6.07) is 7.89. The minimum absolute atomic E-state index is 0.376. The molecule has 3 aromatic rings. The number of nitrogen functional groups attached to an aromatic ring is 1. The Kier molecular flexibility index (Phi) is 2.33. The van der Waals surface area contributed by atoms with E-state index < -0.39 is 0 Å². The summed E-state index contributed by atoms with van der Waals surface area (Å²) in [5.74, 6) is 0.376. The lowest BCUT2D eigenvalue weighted by Crippen LogP contribution is -1.97. The molecule has 0 fully saturated rings. The molecule has 0 radical (unpaired) electrons. The van der Waals surface area contributed by atoms with Gasteiger partial charge in [0.05, 0.1) is 11.4 Å². The third-order valence-electron chi connectivity index (χ3n) is 2.84. The molecule has 0 atom stereocenters. The van der Waals surface area contributed by atoms with Gasteiger partial charge < -0.3 is 10.2 Å². The van der Waals surface area contributed by atoms with Crippen LogP contribution in [0.4, 0.5) is 5.69 Å². The lowest BCUT2D eigenvalue weighted by molar-refractivity contribution is 0.539. The highest BCUT2D eigenvalue weighted by molar-refractivity contribution is 5.85. The zero-order valence-electron chi connectivity index (χ0n) is 10.3. The van der Waals surface area contributed by atoms with Gasteiger partial charge in [0.15, 0.2) is 5.58 Å². The largest absolute Gasteiger partial charge is 0.422 e. The standard InChI is InChI=1S/C13H14N4O/c1-8(2)10-6-7-17(16-10)13-15-12-9(14)4-3-5-11(12)18-13/h3-8H,14H2,1-2H3. The van der Waals surface area contributed by atoms with Crippen LogP contribution in [-0.2, 0) is 0 Å². The molecule has 0 unspecified atom stereocenters. The van der Waals surface area contributed by atoms with E-state index in [0.29, 0.717) is 28.7 Å². The fourth-order valence-electron chi connectivity index (χ4n) is 1.81. The van der Waals surface area contributed by atoms with Crippen LogP contribution in [0.1, 0.15) is 25.5 Å². The summed E-state index contributed by atoms with van der Waals surface area (Å²) in [5, 5.41) is 4.42. The molecule has 0 spiro atoms. The van der Waals surface area contributed by atoms with Crippen molar-refractivity contribution in [1.29, 1.82) is 0 Å². The second-order valence-electron chi connectivity index (χ2n) is 4.53. The monoisotopic (exact) mass is 242 g/mol. The topological polar surface area (TPSA) is 69.9 Å². The normalized spacial score (nSPS) is 11.5. The molecule has 18 heavy (non-hydrogen) atoms. The molecule has 2 heterocycles. The molecular weight excluding hydrogens is 228 g/mol. The molecule has 0 saturated carbocycles. The Labute approximate surface area is 104 Å². The first kappa shape index (κ1) is 10.8. The molecule has 0 aliphatic heterocycles. The molecule has 2 N–H and O–H groups in total. The van der Waals surface area contributed by atoms with E-state index in [2.05, 4.69) is 23.9 Å². The number of hydrogen-bond acceptors (Lipinski definition) is 4. The van der Waals surface area contributed by atoms with Gasteiger partial charge in [-0.25, -0.2) is 0 Å². The van der Waals surface area contributed by atoms with Crippen molar-refractivity contribution in [3.8, 4) is 6.01 Å². The lowest BCUT2D eigenvalue weighted by Gasteiger charge is -1.97. The Morgan fingerprint density at radius 1 is 1.28 bits per heavy atom. The van der Waals surface area contributed by atoms with Crippen molar-refractivity contribution in [3.63, 3.8) is 0 Å². The average molecular weight is 242 g/mol. The molecule has 5 nitrogen and oxygen atoms in total. The van der Waals surface area contributed by atoms with Gasteiger partial charge in [0, 0.05) is 6.20 Å². The Balaban J connectivity index is 2.10. The van der Waals surface area contributed by atoms with Gasteiger partial charge in [0.25, 0.3) is 0 Å². The summed E-state index contributed by atoms with van der Waals surface area (Å²) in [6.07, 6.45) is 1.84. The van der Waals surface area contributed by atoms with Crippen molar-refractivity contribution >= 4 is 16.8 Å². The smallest absolute Gasteiger partial charge is 0.323 e. The number of anilines is 1. The highest BCUT2D eigenvalue weighted by Crippen LogP contribution is 2.23. The van der Waals surface area contributed by atoms with Gasteiger partial charge in [-0.3, -0.25) is 0 Å². The molecule has 3 rings (SSSR count). The predicted octanol–water partition coefficient (Wildman–Crippen LogP) is 2.72. The molecule has 0 bridgehead atoms. The van der Waals surface area contributed by atoms with Crippen LogP contribution in [-0.4, -0.2) is 14.8 Å². The zero-order valence-corrected chi connectivity index (χ0v) is 10.3. The third-order valence-corrected chi connectivity index (χ3v) is 2.84. The average Bonchev–Trinajstić information content (AvgIpc) is 2.95. The SMILES string of the molecule is CC(C)c1ccn(-c2nc3c(N)cccc3o2)n1. The Morgan fingerprint density at radius 3 is 2.78 bits per heavy atom. The van der Waals surface area contributed by atoms with E-state index in [9.17, 15) is 0 Å². The first-order valence-electron chi connectivity index (χ1n) is 5.86. The molecule has 0 aliphatic rings. The van der Waals surface area contributed by atoms with Gasteiger partial charge in [-0.1, -0.05) is 19.9 Å². The fourth-order valence-corrected chi connectivity index (χ4v) is 1.81. The van der Waals surface area contributed by atoms with Crippen molar-refractivity contribution in [2.45, 2.75) is 19.8 Å². The van der Waals surface area contributed by atoms with Crippen LogP contribution >= 0.6 is 0 Å². The number of fused-ring (bicyclic) bond motifs is 1. The first-order chi connectivity index (χ1) is 8.65. The van der Waals surface area contributed by atoms with Crippen molar-refractivity contribution < 1.29 is 4.42 Å². The summed E-state index contributed by atoms with van der Waals surface area (Å²) in [4.78, 5) is 4.36. The van der Waals surface area contributed by atoms with Gasteiger partial charge in [-0.15, -0.1) is 0 Å². The summed E-state index contributed by atoms with van der Waals surface area (Å²) in [5.41, 5.74) is 8.81. The van der Waals surface area contributed by atoms with E-state index in [1.807, 2.05) is 24.4 Å². The van der Waals surface area contributed by atoms with Crippen molar-refractivity contribution in [1.82, 2.24) is 14.8 Å². The minimum Gasteiger partial charge on any atom is -0.422 e. The van der Waals surface area contributed by atoms with Crippen LogP contribution < -0.4 is 5.73 Å². The van der Waals surface area contributed by atoms with E-state index in [-0.39, 0.29) is 0 Å². The van der Waals surface area contributed by atoms with Gasteiger partial charge in [0.1, 0.15) is 5.52 Å². The highest BCUT2D eigenvalue weighted by atomic mass is 16.4. The van der Waals surface area contributed by atoms with E-state index in [0.717, 1.165) is 5.69 Å². The number of nitrogens with two attached hydrogens (primary N) is 1. The van der Waals surface area contributed by atoms with Crippen molar-refractivity contribution in [3.05, 3.63) is 36.2 Å². The lowest BCUT2D eigenvalue weighted by atomic mass is 10.1. The Bertz CT molecular complexity index is 696. The molecule has 92 valence electrons. The van der Waals surface area contributed by atoms with Gasteiger partial charge in [-0.05, 0) is 24.1 Å². The number of benzene rings is 1. The van der Waals surface area contributed by atoms with Crippen molar-refractivity contribution in [2.75, 3.05) is 5.73 Å². The second kappa shape index (κ2) is 3.87. The van der Waals surface area contributed by atoms with Crippen LogP contribution in [0.15, 0.2) is 34.9 Å². The third kappa shape index (κ3) is 1.64. The molecule has 0 saturated heterocycles. The number of aromatic nitrogens is 3. The maximum atomic E-state index is 5.85. The maximum Gasteiger partial charge on any atom is 0.323 e. The van der Waals surface area contributed by atoms with Gasteiger partial charge in [-0.2, -0.15) is 14.8 Å². The molecule has 5 heteroatoms. The number of para-hydroxylation sites is 1. The maximum absolute atomic E-state index is 5.85. The fraction of sp³-hybridized carbons (Fsp3) is 0.231. The van der Waals surface area contributed by atoms with E-state index >= 15 is 0 Å². The van der Waals surface area contributed by atoms with E-state index in [4.69, 9.17) is 10.2 Å². The van der Waals surface area contributed by atoms with Gasteiger partial charge in [0.2, 0.25) is 0 Å². The second-order valence-corrected chi connectivity index (χ2v) is 4.53. The zero-order chi connectivity index (χ0) is 12.7. The summed E-state index contributed by atoms with van der Waals surface area (Å²) >= 11 is 0. The molecule has 0 aliphatic carbocycles. The van der Waals surface area contributed by atoms with Crippen LogP contribution in [0.25, 0.3) is 17.1 Å².